The van der Waals surface area contributed by atoms with Gasteiger partial charge >= 0.3 is 0 Å². The molecule has 0 spiro atoms. The van der Waals surface area contributed by atoms with Gasteiger partial charge in [0, 0.05) is 25.2 Å². The highest BCUT2D eigenvalue weighted by Gasteiger charge is 1.92. The van der Waals surface area contributed by atoms with Gasteiger partial charge in [0.05, 0.1) is 11.9 Å². The zero-order valence-electron chi connectivity index (χ0n) is 8.73. The Kier molecular flexibility index (Phi) is 4.34. The van der Waals surface area contributed by atoms with Crippen molar-refractivity contribution in [3.63, 3.8) is 0 Å². The molecule has 1 rings (SSSR count). The lowest BCUT2D eigenvalue weighted by Crippen LogP contribution is -2.20. The average Bonchev–Trinajstić information content (AvgIpc) is 2.20. The number of hydrogen-bond donors (Lipinski definition) is 2. The molecule has 0 radical (unpaired) electrons. The molecule has 0 aromatic carbocycles. The molecular weight excluding hydrogens is 190 g/mol. The van der Waals surface area contributed by atoms with Gasteiger partial charge in [-0.3, -0.25) is 9.78 Å². The molecule has 0 unspecified atom stereocenters. The number of amides is 1. The monoisotopic (exact) mass is 205 g/mol. The minimum Gasteiger partial charge on any atom is -0.397 e. The van der Waals surface area contributed by atoms with Crippen molar-refractivity contribution in [1.29, 1.82) is 0 Å². The fourth-order valence-electron chi connectivity index (χ4n) is 1.11. The summed E-state index contributed by atoms with van der Waals surface area (Å²) in [5.41, 5.74) is 7.31. The van der Waals surface area contributed by atoms with Crippen molar-refractivity contribution in [3.8, 4) is 0 Å². The van der Waals surface area contributed by atoms with Crippen LogP contribution in [0.15, 0.2) is 24.5 Å². The van der Waals surface area contributed by atoms with Crippen LogP contribution in [0.2, 0.25) is 0 Å². The molecule has 3 N–H and O–H groups in total. The van der Waals surface area contributed by atoms with Gasteiger partial charge in [-0.2, -0.15) is 0 Å². The summed E-state index contributed by atoms with van der Waals surface area (Å²) in [6, 6.07) is 1.85. The third-order valence-electron chi connectivity index (χ3n) is 1.87. The molecule has 4 heteroatoms. The summed E-state index contributed by atoms with van der Waals surface area (Å²) in [6.45, 7) is 2.15. The van der Waals surface area contributed by atoms with Gasteiger partial charge in [-0.15, -0.1) is 0 Å². The van der Waals surface area contributed by atoms with Crippen molar-refractivity contribution in [2.24, 2.45) is 0 Å². The predicted molar refractivity (Wildman–Crippen MR) is 61.0 cm³/mol. The van der Waals surface area contributed by atoms with Crippen LogP contribution in [0.25, 0.3) is 6.08 Å². The van der Waals surface area contributed by atoms with Crippen molar-refractivity contribution >= 4 is 17.7 Å². The Balaban J connectivity index is 2.38. The van der Waals surface area contributed by atoms with Gasteiger partial charge in [0.15, 0.2) is 0 Å². The number of carbonyl (C=O) groups is 1. The molecule has 0 fully saturated rings. The second-order valence-electron chi connectivity index (χ2n) is 3.18. The first-order valence-electron chi connectivity index (χ1n) is 4.80. The maximum atomic E-state index is 10.6. The van der Waals surface area contributed by atoms with Crippen LogP contribution in [0, 0.1) is 0 Å². The fourth-order valence-corrected chi connectivity index (χ4v) is 1.11. The van der Waals surface area contributed by atoms with E-state index in [4.69, 9.17) is 5.73 Å². The van der Waals surface area contributed by atoms with Crippen molar-refractivity contribution < 1.29 is 4.79 Å². The molecule has 0 saturated heterocycles. The summed E-state index contributed by atoms with van der Waals surface area (Å²) in [6.07, 6.45) is 8.01. The highest BCUT2D eigenvalue weighted by molar-refractivity contribution is 5.72. The number of rotatable bonds is 4. The summed E-state index contributed by atoms with van der Waals surface area (Å²) in [5.74, 6) is -0.00757. The Labute approximate surface area is 89.2 Å². The number of nitrogens with two attached hydrogens (primary N) is 1. The second-order valence-corrected chi connectivity index (χ2v) is 3.18. The molecule has 1 aromatic heterocycles. The number of pyridine rings is 1. The Bertz CT molecular complexity index is 361. The topological polar surface area (TPSA) is 68.0 Å². The van der Waals surface area contributed by atoms with E-state index in [0.717, 1.165) is 12.0 Å². The summed E-state index contributed by atoms with van der Waals surface area (Å²) < 4.78 is 0. The zero-order valence-corrected chi connectivity index (χ0v) is 8.73. The van der Waals surface area contributed by atoms with Crippen molar-refractivity contribution in [2.75, 3.05) is 12.3 Å². The number of nitrogen functional groups attached to an aromatic ring is 1. The fraction of sp³-hybridized carbons (Fsp3) is 0.273. The van der Waals surface area contributed by atoms with Crippen LogP contribution < -0.4 is 11.1 Å². The standard InChI is InChI=1S/C11H15N3O/c1-9(15)14-6-3-2-4-10-5-7-13-8-11(10)12/h2,4-5,7-8H,3,6,12H2,1H3,(H,14,15). The molecule has 0 atom stereocenters. The lowest BCUT2D eigenvalue weighted by Gasteiger charge is -1.99. The SMILES string of the molecule is CC(=O)NCCC=Cc1ccncc1N. The van der Waals surface area contributed by atoms with E-state index in [1.54, 1.807) is 12.4 Å². The second kappa shape index (κ2) is 5.80. The summed E-state index contributed by atoms with van der Waals surface area (Å²) in [4.78, 5) is 14.5. The molecule has 0 aliphatic carbocycles. The highest BCUT2D eigenvalue weighted by Crippen LogP contribution is 2.10. The molecule has 0 bridgehead atoms. The zero-order chi connectivity index (χ0) is 11.1. The smallest absolute Gasteiger partial charge is 0.216 e. The number of anilines is 1. The average molecular weight is 205 g/mol. The van der Waals surface area contributed by atoms with Gasteiger partial charge in [-0.05, 0) is 12.5 Å². The predicted octanol–water partition coefficient (Wildman–Crippen LogP) is 1.20. The molecule has 4 nitrogen and oxygen atoms in total. The molecule has 1 amide bonds. The molecule has 1 heterocycles. The Morgan fingerprint density at radius 2 is 2.47 bits per heavy atom. The molecule has 0 aliphatic heterocycles. The van der Waals surface area contributed by atoms with Crippen LogP contribution in [-0.2, 0) is 4.79 Å². The van der Waals surface area contributed by atoms with Crippen LogP contribution in [0.3, 0.4) is 0 Å². The van der Waals surface area contributed by atoms with E-state index in [2.05, 4.69) is 10.3 Å². The molecule has 80 valence electrons. The van der Waals surface area contributed by atoms with E-state index in [1.165, 1.54) is 6.92 Å². The lowest BCUT2D eigenvalue weighted by molar-refractivity contribution is -0.118. The number of nitrogens with one attached hydrogen (secondary N) is 1. The van der Waals surface area contributed by atoms with E-state index < -0.39 is 0 Å². The molecule has 0 saturated carbocycles. The lowest BCUT2D eigenvalue weighted by atomic mass is 10.2. The third kappa shape index (κ3) is 4.26. The maximum absolute atomic E-state index is 10.6. The van der Waals surface area contributed by atoms with Crippen LogP contribution in [0.5, 0.6) is 0 Å². The number of carbonyl (C=O) groups excluding carboxylic acids is 1. The van der Waals surface area contributed by atoms with Crippen LogP contribution in [0.4, 0.5) is 5.69 Å². The quantitative estimate of drug-likeness (QED) is 0.726. The number of aromatic nitrogens is 1. The van der Waals surface area contributed by atoms with Crippen molar-refractivity contribution in [3.05, 3.63) is 30.1 Å². The van der Waals surface area contributed by atoms with Crippen LogP contribution in [0.1, 0.15) is 18.9 Å². The third-order valence-corrected chi connectivity index (χ3v) is 1.87. The van der Waals surface area contributed by atoms with E-state index in [9.17, 15) is 4.79 Å². The van der Waals surface area contributed by atoms with Gasteiger partial charge in [-0.1, -0.05) is 12.2 Å². The first kappa shape index (κ1) is 11.2. The van der Waals surface area contributed by atoms with Crippen LogP contribution >= 0.6 is 0 Å². The first-order chi connectivity index (χ1) is 7.20. The van der Waals surface area contributed by atoms with Gasteiger partial charge in [0.2, 0.25) is 5.91 Å². The minimum atomic E-state index is -0.00757. The van der Waals surface area contributed by atoms with Gasteiger partial charge in [-0.25, -0.2) is 0 Å². The van der Waals surface area contributed by atoms with Crippen molar-refractivity contribution in [2.45, 2.75) is 13.3 Å². The number of hydrogen-bond acceptors (Lipinski definition) is 3. The Morgan fingerprint density at radius 3 is 3.13 bits per heavy atom. The molecule has 15 heavy (non-hydrogen) atoms. The van der Waals surface area contributed by atoms with Gasteiger partial charge < -0.3 is 11.1 Å². The summed E-state index contributed by atoms with van der Waals surface area (Å²) >= 11 is 0. The van der Waals surface area contributed by atoms with E-state index in [1.807, 2.05) is 18.2 Å². The Morgan fingerprint density at radius 1 is 1.67 bits per heavy atom. The number of nitrogens with zero attached hydrogens (tertiary/aromatic N) is 1. The van der Waals surface area contributed by atoms with E-state index in [-0.39, 0.29) is 5.91 Å². The molecule has 0 aliphatic rings. The van der Waals surface area contributed by atoms with E-state index >= 15 is 0 Å². The van der Waals surface area contributed by atoms with E-state index in [0.29, 0.717) is 12.2 Å². The molecule has 1 aromatic rings. The summed E-state index contributed by atoms with van der Waals surface area (Å²) in [5, 5.41) is 2.71. The van der Waals surface area contributed by atoms with Crippen molar-refractivity contribution in [1.82, 2.24) is 10.3 Å². The normalized spacial score (nSPS) is 10.5. The summed E-state index contributed by atoms with van der Waals surface area (Å²) in [7, 11) is 0. The maximum Gasteiger partial charge on any atom is 0.216 e. The van der Waals surface area contributed by atoms with Gasteiger partial charge in [0.1, 0.15) is 0 Å². The van der Waals surface area contributed by atoms with Crippen LogP contribution in [-0.4, -0.2) is 17.4 Å². The molecular formula is C11H15N3O. The first-order valence-corrected chi connectivity index (χ1v) is 4.80. The van der Waals surface area contributed by atoms with Gasteiger partial charge in [0.25, 0.3) is 0 Å². The minimum absolute atomic E-state index is 0.00757. The Hall–Kier alpha value is -1.84. The largest absolute Gasteiger partial charge is 0.397 e. The highest BCUT2D eigenvalue weighted by atomic mass is 16.1.